The molecule has 6 nitrogen and oxygen atoms in total. The van der Waals surface area contributed by atoms with Crippen LogP contribution in [0.4, 0.5) is 0 Å². The Hall–Kier alpha value is -0.920. The summed E-state index contributed by atoms with van der Waals surface area (Å²) in [5, 5.41) is 23.1. The van der Waals surface area contributed by atoms with Crippen LogP contribution >= 0.6 is 0 Å². The largest absolute Gasteiger partial charge is 2.00 e. The zero-order valence-corrected chi connectivity index (χ0v) is 42.6. The smallest absolute Gasteiger partial charge is 0.549 e. The fourth-order valence-electron chi connectivity index (χ4n) is 8.59. The number of rotatable bonds is 40. The number of carboxylic acid groups (broad SMARTS) is 2. The molecule has 0 aliphatic heterocycles. The standard InChI is InChI=1S/2C26H49NO2.Ca/c2*1-5-9-11-13-15-17-21-24(19-7-3)27(23-26(28)29)25(20-8-4)22-18-16-14-12-10-6-2;/h2*5-6,9-10,24-25H,7-8,11-23H2,1-4H3,(H,28,29);/q;;+2/p-2/b2*9-5+,10-6+;. The molecule has 0 spiro atoms. The Kier molecular flexibility index (Phi) is 50.9. The average molecular weight is 853 g/mol. The maximum Gasteiger partial charge on any atom is 2.00 e. The number of aliphatic carboxylic acids is 2. The summed E-state index contributed by atoms with van der Waals surface area (Å²) < 4.78 is 0. The average Bonchev–Trinajstić information content (AvgIpc) is 3.20. The summed E-state index contributed by atoms with van der Waals surface area (Å²) in [4.78, 5) is 27.7. The first-order chi connectivity index (χ1) is 28.2. The van der Waals surface area contributed by atoms with Crippen molar-refractivity contribution in [3.63, 3.8) is 0 Å². The predicted octanol–water partition coefficient (Wildman–Crippen LogP) is 12.5. The van der Waals surface area contributed by atoms with Crippen LogP contribution in [0.3, 0.4) is 0 Å². The minimum atomic E-state index is -0.923. The molecule has 0 saturated carbocycles. The third kappa shape index (κ3) is 38.5. The first kappa shape index (κ1) is 62.4. The van der Waals surface area contributed by atoms with Gasteiger partial charge in [0.15, 0.2) is 0 Å². The van der Waals surface area contributed by atoms with Gasteiger partial charge in [0.25, 0.3) is 0 Å². The zero-order valence-electron chi connectivity index (χ0n) is 40.4. The zero-order chi connectivity index (χ0) is 43.5. The van der Waals surface area contributed by atoms with E-state index in [1.54, 1.807) is 0 Å². The Morgan fingerprint density at radius 3 is 0.780 bits per heavy atom. The number of carboxylic acids is 2. The van der Waals surface area contributed by atoms with Gasteiger partial charge in [-0.25, -0.2) is 0 Å². The van der Waals surface area contributed by atoms with Gasteiger partial charge in [-0.2, -0.15) is 0 Å². The predicted molar refractivity (Wildman–Crippen MR) is 256 cm³/mol. The molecule has 0 heterocycles. The Balaban J connectivity index is -0.00000105. The number of hydrogen-bond acceptors (Lipinski definition) is 6. The van der Waals surface area contributed by atoms with E-state index >= 15 is 0 Å². The van der Waals surface area contributed by atoms with Crippen molar-refractivity contribution >= 4 is 49.7 Å². The van der Waals surface area contributed by atoms with Crippen molar-refractivity contribution in [2.24, 2.45) is 0 Å². The monoisotopic (exact) mass is 853 g/mol. The van der Waals surface area contributed by atoms with E-state index in [9.17, 15) is 19.8 Å². The van der Waals surface area contributed by atoms with Gasteiger partial charge in [-0.15, -0.1) is 0 Å². The van der Waals surface area contributed by atoms with E-state index in [1.165, 1.54) is 77.0 Å². The molecule has 4 atom stereocenters. The van der Waals surface area contributed by atoms with Gasteiger partial charge in [-0.1, -0.05) is 153 Å². The Morgan fingerprint density at radius 2 is 0.610 bits per heavy atom. The van der Waals surface area contributed by atoms with Crippen LogP contribution in [0.1, 0.15) is 235 Å². The molecular formula is C52H96CaN2O4. The molecule has 0 N–H and O–H groups in total. The van der Waals surface area contributed by atoms with Crippen LogP contribution in [0.25, 0.3) is 0 Å². The third-order valence-electron chi connectivity index (χ3n) is 11.6. The van der Waals surface area contributed by atoms with Crippen LogP contribution < -0.4 is 10.2 Å². The second-order valence-electron chi connectivity index (χ2n) is 16.7. The minimum absolute atomic E-state index is 0. The summed E-state index contributed by atoms with van der Waals surface area (Å²) in [6, 6.07) is 1.50. The fraction of sp³-hybridized carbons (Fsp3) is 0.808. The van der Waals surface area contributed by atoms with Gasteiger partial charge in [-0.05, 0) is 130 Å². The quantitative estimate of drug-likeness (QED) is 0.0347. The molecule has 59 heavy (non-hydrogen) atoms. The second-order valence-corrected chi connectivity index (χ2v) is 16.7. The number of unbranched alkanes of at least 4 members (excludes halogenated alkanes) is 12. The molecule has 340 valence electrons. The van der Waals surface area contributed by atoms with Gasteiger partial charge in [0.05, 0.1) is 11.9 Å². The molecule has 4 unspecified atom stereocenters. The third-order valence-corrected chi connectivity index (χ3v) is 11.6. The summed E-state index contributed by atoms with van der Waals surface area (Å²) in [6.07, 6.45) is 49.9. The van der Waals surface area contributed by atoms with E-state index in [2.05, 4.69) is 114 Å². The maximum absolute atomic E-state index is 11.6. The summed E-state index contributed by atoms with van der Waals surface area (Å²) in [7, 11) is 0. The SMILES string of the molecule is C/C=C/CCCCCC(CCC)N(CC(=O)[O-])C(CCC)CCCCC/C=C/C.C/C=C/CCCCCC(CCC)N(CC(=O)[O-])C(CCC)CCCCC/C=C/C.[Ca+2]. The maximum atomic E-state index is 11.6. The topological polar surface area (TPSA) is 86.7 Å². The molecule has 0 aromatic carbocycles. The molecule has 7 heteroatoms. The molecule has 0 aromatic rings. The summed E-state index contributed by atoms with van der Waals surface area (Å²) in [5.41, 5.74) is 0. The summed E-state index contributed by atoms with van der Waals surface area (Å²) >= 11 is 0. The van der Waals surface area contributed by atoms with Crippen LogP contribution in [0.15, 0.2) is 48.6 Å². The molecular weight excluding hydrogens is 757 g/mol. The van der Waals surface area contributed by atoms with Crippen LogP contribution in [0.5, 0.6) is 0 Å². The van der Waals surface area contributed by atoms with Gasteiger partial charge in [0.2, 0.25) is 0 Å². The van der Waals surface area contributed by atoms with E-state index in [0.29, 0.717) is 24.2 Å². The number of carbonyl (C=O) groups excluding carboxylic acids is 2. The normalized spacial score (nSPS) is 14.0. The Morgan fingerprint density at radius 1 is 0.390 bits per heavy atom. The molecule has 0 amide bonds. The van der Waals surface area contributed by atoms with Gasteiger partial charge in [-0.3, -0.25) is 9.80 Å². The van der Waals surface area contributed by atoms with Crippen LogP contribution in [-0.2, 0) is 9.59 Å². The molecule has 0 saturated heterocycles. The van der Waals surface area contributed by atoms with Crippen LogP contribution in [0.2, 0.25) is 0 Å². The Labute approximate surface area is 397 Å². The van der Waals surface area contributed by atoms with Crippen LogP contribution in [-0.4, -0.2) is 96.7 Å². The van der Waals surface area contributed by atoms with E-state index in [0.717, 1.165) is 103 Å². The molecule has 0 aliphatic carbocycles. The molecule has 0 fully saturated rings. The van der Waals surface area contributed by atoms with E-state index in [-0.39, 0.29) is 50.8 Å². The van der Waals surface area contributed by atoms with Crippen molar-refractivity contribution in [2.75, 3.05) is 13.1 Å². The molecule has 0 rings (SSSR count). The van der Waals surface area contributed by atoms with Crippen molar-refractivity contribution in [1.82, 2.24) is 9.80 Å². The molecule has 0 radical (unpaired) electrons. The van der Waals surface area contributed by atoms with Crippen molar-refractivity contribution in [1.29, 1.82) is 0 Å². The van der Waals surface area contributed by atoms with Gasteiger partial charge >= 0.3 is 37.7 Å². The molecule has 0 bridgehead atoms. The van der Waals surface area contributed by atoms with Gasteiger partial charge in [0.1, 0.15) is 0 Å². The van der Waals surface area contributed by atoms with Crippen molar-refractivity contribution in [3.8, 4) is 0 Å². The minimum Gasteiger partial charge on any atom is -0.549 e. The summed E-state index contributed by atoms with van der Waals surface area (Å²) in [6.45, 7) is 17.3. The summed E-state index contributed by atoms with van der Waals surface area (Å²) in [5.74, 6) is -1.85. The molecule has 0 aliphatic rings. The Bertz CT molecular complexity index is 884. The van der Waals surface area contributed by atoms with E-state index in [1.807, 2.05) is 0 Å². The number of carbonyl (C=O) groups is 2. The fourth-order valence-corrected chi connectivity index (χ4v) is 8.59. The number of hydrogen-bond donors (Lipinski definition) is 0. The van der Waals surface area contributed by atoms with E-state index < -0.39 is 11.9 Å². The first-order valence-corrected chi connectivity index (χ1v) is 24.6. The van der Waals surface area contributed by atoms with E-state index in [4.69, 9.17) is 0 Å². The second kappa shape index (κ2) is 48.1. The van der Waals surface area contributed by atoms with Crippen molar-refractivity contribution in [2.45, 2.75) is 259 Å². The molecule has 0 aromatic heterocycles. The van der Waals surface area contributed by atoms with Crippen molar-refractivity contribution < 1.29 is 19.8 Å². The number of nitrogens with zero attached hydrogens (tertiary/aromatic N) is 2. The van der Waals surface area contributed by atoms with Gasteiger partial charge in [0, 0.05) is 37.3 Å². The van der Waals surface area contributed by atoms with Crippen LogP contribution in [0, 0.1) is 0 Å². The first-order valence-electron chi connectivity index (χ1n) is 24.6. The number of allylic oxidation sites excluding steroid dienone is 8. The van der Waals surface area contributed by atoms with Gasteiger partial charge < -0.3 is 19.8 Å². The van der Waals surface area contributed by atoms with Crippen molar-refractivity contribution in [3.05, 3.63) is 48.6 Å².